The molecule has 0 saturated carbocycles. The van der Waals surface area contributed by atoms with Gasteiger partial charge in [-0.1, -0.05) is 56.3 Å². The topological polar surface area (TPSA) is 52.6 Å². The lowest BCUT2D eigenvalue weighted by Gasteiger charge is -2.32. The second-order valence-electron chi connectivity index (χ2n) is 11.2. The molecule has 1 aliphatic heterocycles. The zero-order valence-corrected chi connectivity index (χ0v) is 20.4. The molecule has 0 aromatic heterocycles. The standard InChI is InChI=1S/C29H27BO4/c1-27(2)23-13-16(30-33-28(3,4)29(5,6)34-30)11-12-17(23)20-14-21-22(15-24(20)27)26(32)19-10-8-7-9-18(19)25(21)31/h7-15H,1-6H3. The van der Waals surface area contributed by atoms with Crippen molar-refractivity contribution >= 4 is 24.1 Å². The number of rotatable bonds is 1. The van der Waals surface area contributed by atoms with Gasteiger partial charge in [-0.15, -0.1) is 0 Å². The third-order valence-corrected chi connectivity index (χ3v) is 8.27. The van der Waals surface area contributed by atoms with Crippen molar-refractivity contribution in [3.8, 4) is 11.1 Å². The number of carbonyl (C=O) groups is 2. The first-order valence-corrected chi connectivity index (χ1v) is 11.8. The van der Waals surface area contributed by atoms with Crippen LogP contribution in [0.15, 0.2) is 54.6 Å². The first kappa shape index (κ1) is 21.5. The van der Waals surface area contributed by atoms with Gasteiger partial charge in [0.1, 0.15) is 0 Å². The van der Waals surface area contributed by atoms with Crippen LogP contribution >= 0.6 is 0 Å². The summed E-state index contributed by atoms with van der Waals surface area (Å²) in [4.78, 5) is 26.6. The smallest absolute Gasteiger partial charge is 0.399 e. The minimum Gasteiger partial charge on any atom is -0.399 e. The monoisotopic (exact) mass is 450 g/mol. The molecular weight excluding hydrogens is 423 g/mol. The van der Waals surface area contributed by atoms with Crippen LogP contribution in [-0.4, -0.2) is 29.9 Å². The maximum atomic E-state index is 13.3. The fourth-order valence-corrected chi connectivity index (χ4v) is 5.47. The Morgan fingerprint density at radius 1 is 0.588 bits per heavy atom. The number of hydrogen-bond acceptors (Lipinski definition) is 4. The molecule has 0 spiro atoms. The molecule has 0 N–H and O–H groups in total. The minimum absolute atomic E-state index is 0.0855. The summed E-state index contributed by atoms with van der Waals surface area (Å²) in [5, 5.41) is 0. The maximum absolute atomic E-state index is 13.3. The van der Waals surface area contributed by atoms with Crippen molar-refractivity contribution < 1.29 is 18.9 Å². The number of ketones is 2. The molecule has 5 heteroatoms. The van der Waals surface area contributed by atoms with E-state index in [4.69, 9.17) is 9.31 Å². The van der Waals surface area contributed by atoms with E-state index in [0.717, 1.165) is 27.7 Å². The van der Waals surface area contributed by atoms with Gasteiger partial charge in [0.25, 0.3) is 0 Å². The molecule has 0 unspecified atom stereocenters. The van der Waals surface area contributed by atoms with Gasteiger partial charge in [-0.05, 0) is 67.5 Å². The van der Waals surface area contributed by atoms with Gasteiger partial charge in [0.15, 0.2) is 11.6 Å². The van der Waals surface area contributed by atoms with Crippen molar-refractivity contribution in [2.45, 2.75) is 58.2 Å². The van der Waals surface area contributed by atoms with Gasteiger partial charge in [0.05, 0.1) is 11.2 Å². The highest BCUT2D eigenvalue weighted by Gasteiger charge is 2.52. The lowest BCUT2D eigenvalue weighted by atomic mass is 9.74. The summed E-state index contributed by atoms with van der Waals surface area (Å²) in [6, 6.07) is 17.3. The Morgan fingerprint density at radius 2 is 1.12 bits per heavy atom. The van der Waals surface area contributed by atoms with Crippen LogP contribution in [0.2, 0.25) is 0 Å². The van der Waals surface area contributed by atoms with Crippen LogP contribution in [0.3, 0.4) is 0 Å². The van der Waals surface area contributed by atoms with Gasteiger partial charge in [0, 0.05) is 27.7 Å². The molecule has 3 aliphatic rings. The van der Waals surface area contributed by atoms with Crippen LogP contribution in [0, 0.1) is 0 Å². The molecule has 0 radical (unpaired) electrons. The van der Waals surface area contributed by atoms with E-state index < -0.39 is 18.3 Å². The van der Waals surface area contributed by atoms with E-state index in [9.17, 15) is 9.59 Å². The fourth-order valence-electron chi connectivity index (χ4n) is 5.47. The molecule has 0 atom stereocenters. The Kier molecular flexibility index (Phi) is 4.15. The van der Waals surface area contributed by atoms with Crippen molar-refractivity contribution in [1.29, 1.82) is 0 Å². The predicted molar refractivity (Wildman–Crippen MR) is 133 cm³/mol. The predicted octanol–water partition coefficient (Wildman–Crippen LogP) is 5.07. The lowest BCUT2D eigenvalue weighted by Crippen LogP contribution is -2.41. The summed E-state index contributed by atoms with van der Waals surface area (Å²) < 4.78 is 12.6. The Morgan fingerprint density at radius 3 is 1.71 bits per heavy atom. The third-order valence-electron chi connectivity index (χ3n) is 8.27. The lowest BCUT2D eigenvalue weighted by molar-refractivity contribution is 0.00578. The average molecular weight is 450 g/mol. The summed E-state index contributed by atoms with van der Waals surface area (Å²) in [6.45, 7) is 12.5. The Labute approximate surface area is 200 Å². The number of hydrogen-bond donors (Lipinski definition) is 0. The molecule has 6 rings (SSSR count). The molecule has 1 heterocycles. The van der Waals surface area contributed by atoms with Gasteiger partial charge in [0.2, 0.25) is 0 Å². The Balaban J connectivity index is 1.48. The highest BCUT2D eigenvalue weighted by molar-refractivity contribution is 6.62. The summed E-state index contributed by atoms with van der Waals surface area (Å²) in [5.41, 5.74) is 6.07. The molecular formula is C29H27BO4. The molecule has 3 aromatic carbocycles. The second kappa shape index (κ2) is 6.56. The Hall–Kier alpha value is -3.02. The highest BCUT2D eigenvalue weighted by atomic mass is 16.7. The van der Waals surface area contributed by atoms with E-state index >= 15 is 0 Å². The fraction of sp³-hybridized carbons (Fsp3) is 0.310. The largest absolute Gasteiger partial charge is 0.494 e. The summed E-state index contributed by atoms with van der Waals surface area (Å²) >= 11 is 0. The first-order chi connectivity index (χ1) is 15.9. The average Bonchev–Trinajstić information content (AvgIpc) is 3.15. The third kappa shape index (κ3) is 2.68. The SMILES string of the molecule is CC1(C)c2cc(B3OC(C)(C)C(C)(C)O3)ccc2-c2cc3c(cc21)C(=O)c1ccccc1C3=O. The molecule has 4 nitrogen and oxygen atoms in total. The quantitative estimate of drug-likeness (QED) is 0.380. The maximum Gasteiger partial charge on any atom is 0.494 e. The van der Waals surface area contributed by atoms with Crippen LogP contribution < -0.4 is 5.46 Å². The van der Waals surface area contributed by atoms with Crippen LogP contribution in [0.5, 0.6) is 0 Å². The van der Waals surface area contributed by atoms with Crippen LogP contribution in [0.25, 0.3) is 11.1 Å². The normalized spacial score (nSPS) is 20.6. The first-order valence-electron chi connectivity index (χ1n) is 11.8. The number of fused-ring (bicyclic) bond motifs is 5. The van der Waals surface area contributed by atoms with Crippen molar-refractivity contribution in [3.05, 3.63) is 88.0 Å². The van der Waals surface area contributed by atoms with Gasteiger partial charge >= 0.3 is 7.12 Å². The van der Waals surface area contributed by atoms with Crippen molar-refractivity contribution in [3.63, 3.8) is 0 Å². The summed E-state index contributed by atoms with van der Waals surface area (Å²) in [7, 11) is -0.444. The van der Waals surface area contributed by atoms with Crippen molar-refractivity contribution in [2.75, 3.05) is 0 Å². The van der Waals surface area contributed by atoms with Gasteiger partial charge in [-0.25, -0.2) is 0 Å². The van der Waals surface area contributed by atoms with Crippen molar-refractivity contribution in [1.82, 2.24) is 0 Å². The van der Waals surface area contributed by atoms with E-state index in [-0.39, 0.29) is 17.0 Å². The molecule has 3 aromatic rings. The van der Waals surface area contributed by atoms with Crippen molar-refractivity contribution in [2.24, 2.45) is 0 Å². The molecule has 2 aliphatic carbocycles. The van der Waals surface area contributed by atoms with E-state index in [1.165, 1.54) is 0 Å². The van der Waals surface area contributed by atoms with Crippen LogP contribution in [0.4, 0.5) is 0 Å². The summed E-state index contributed by atoms with van der Waals surface area (Å²) in [5.74, 6) is -0.175. The molecule has 0 amide bonds. The number of carbonyl (C=O) groups excluding carboxylic acids is 2. The van der Waals surface area contributed by atoms with Crippen LogP contribution in [0.1, 0.15) is 84.5 Å². The summed E-state index contributed by atoms with van der Waals surface area (Å²) in [6.07, 6.45) is 0. The molecule has 1 fully saturated rings. The van der Waals surface area contributed by atoms with E-state index in [1.807, 2.05) is 18.2 Å². The molecule has 1 saturated heterocycles. The van der Waals surface area contributed by atoms with Crippen LogP contribution in [-0.2, 0) is 14.7 Å². The molecule has 0 bridgehead atoms. The van der Waals surface area contributed by atoms with Gasteiger partial charge < -0.3 is 9.31 Å². The van der Waals surface area contributed by atoms with E-state index in [2.05, 4.69) is 53.7 Å². The number of benzene rings is 3. The van der Waals surface area contributed by atoms with Gasteiger partial charge in [-0.2, -0.15) is 0 Å². The zero-order valence-electron chi connectivity index (χ0n) is 20.4. The zero-order chi connectivity index (χ0) is 24.2. The minimum atomic E-state index is -0.444. The van der Waals surface area contributed by atoms with E-state index in [1.54, 1.807) is 24.3 Å². The highest BCUT2D eigenvalue weighted by Crippen LogP contribution is 2.50. The Bertz CT molecular complexity index is 1410. The van der Waals surface area contributed by atoms with E-state index in [0.29, 0.717) is 22.3 Å². The second-order valence-corrected chi connectivity index (χ2v) is 11.2. The molecule has 34 heavy (non-hydrogen) atoms. The molecule has 170 valence electrons. The van der Waals surface area contributed by atoms with Gasteiger partial charge in [-0.3, -0.25) is 9.59 Å².